The topological polar surface area (TPSA) is 125 Å². The van der Waals surface area contributed by atoms with Crippen LogP contribution in [0, 0.1) is 5.92 Å². The number of nitrogens with one attached hydrogen (secondary N) is 4. The average Bonchev–Trinajstić information content (AvgIpc) is 2.98. The van der Waals surface area contributed by atoms with Gasteiger partial charge in [0.1, 0.15) is 5.02 Å². The Kier molecular flexibility index (Phi) is 10.1. The Balaban J connectivity index is 0.000000314. The van der Waals surface area contributed by atoms with Crippen molar-refractivity contribution in [1.29, 1.82) is 0 Å². The summed E-state index contributed by atoms with van der Waals surface area (Å²) in [6.45, 7) is 1.78. The average molecular weight is 643 g/mol. The van der Waals surface area contributed by atoms with Crippen molar-refractivity contribution in [1.82, 2.24) is 15.3 Å². The van der Waals surface area contributed by atoms with E-state index in [0.29, 0.717) is 16.8 Å². The van der Waals surface area contributed by atoms with Crippen LogP contribution in [0.3, 0.4) is 0 Å². The van der Waals surface area contributed by atoms with Crippen LogP contribution in [0.2, 0.25) is 5.02 Å². The van der Waals surface area contributed by atoms with Crippen molar-refractivity contribution in [2.75, 3.05) is 29.0 Å². The van der Waals surface area contributed by atoms with Crippen LogP contribution < -0.4 is 21.3 Å². The summed E-state index contributed by atoms with van der Waals surface area (Å²) in [7, 11) is 0. The summed E-state index contributed by atoms with van der Waals surface area (Å²) in [4.78, 5) is 40.9. The van der Waals surface area contributed by atoms with Gasteiger partial charge in [0.2, 0.25) is 11.9 Å². The first-order chi connectivity index (χ1) is 20.7. The second-order valence-corrected chi connectivity index (χ2v) is 10.3. The van der Waals surface area contributed by atoms with Gasteiger partial charge in [-0.3, -0.25) is 14.4 Å². The molecule has 0 atom stereocenters. The monoisotopic (exact) mass is 642 g/mol. The minimum atomic E-state index is -5.77. The second-order valence-electron chi connectivity index (χ2n) is 9.88. The molecule has 1 saturated heterocycles. The van der Waals surface area contributed by atoms with Crippen molar-refractivity contribution in [3.05, 3.63) is 64.8 Å². The molecule has 1 amide bonds. The molecule has 0 unspecified atom stereocenters. The van der Waals surface area contributed by atoms with Crippen LogP contribution in [0.4, 0.5) is 55.2 Å². The maximum absolute atomic E-state index is 12.9. The van der Waals surface area contributed by atoms with Gasteiger partial charge in [0.05, 0.1) is 6.20 Å². The Hall–Kier alpha value is -4.24. The highest BCUT2D eigenvalue weighted by Gasteiger charge is 2.54. The molecule has 3 heterocycles. The number of benzene rings is 2. The van der Waals surface area contributed by atoms with Gasteiger partial charge < -0.3 is 21.3 Å². The lowest BCUT2D eigenvalue weighted by Crippen LogP contribution is -2.39. The highest BCUT2D eigenvalue weighted by atomic mass is 35.5. The number of carbonyl (C=O) groups excluding carboxylic acids is 3. The number of fused-ring (bicyclic) bond motifs is 6. The first kappa shape index (κ1) is 32.7. The summed E-state index contributed by atoms with van der Waals surface area (Å²) in [6, 6.07) is 14.2. The molecule has 5 rings (SSSR count). The number of amides is 1. The SMILES string of the molecule is O=C(C(=O)C(F)(F)F)C(F)(F)F.O=C(Nc1ccc2cc1CCc1cccc(c1)Nc1ncc(Cl)c(n1)N2)C1CCNCC1. The molecule has 2 aliphatic rings. The molecule has 0 aliphatic carbocycles. The van der Waals surface area contributed by atoms with Crippen molar-refractivity contribution in [3.8, 4) is 0 Å². The normalized spacial score (nSPS) is 15.1. The van der Waals surface area contributed by atoms with Crippen LogP contribution in [-0.4, -0.2) is 52.9 Å². The maximum atomic E-state index is 12.9. The van der Waals surface area contributed by atoms with E-state index < -0.39 is 23.9 Å². The number of carbonyl (C=O) groups is 3. The zero-order valence-electron chi connectivity index (χ0n) is 22.7. The molecular weight excluding hydrogens is 618 g/mol. The molecule has 2 aliphatic heterocycles. The Morgan fingerprint density at radius 3 is 2.18 bits per heavy atom. The Morgan fingerprint density at radius 1 is 0.864 bits per heavy atom. The van der Waals surface area contributed by atoms with Gasteiger partial charge in [-0.2, -0.15) is 31.3 Å². The number of aromatic nitrogens is 2. The van der Waals surface area contributed by atoms with Crippen molar-refractivity contribution in [2.45, 2.75) is 38.0 Å². The van der Waals surface area contributed by atoms with Gasteiger partial charge in [-0.25, -0.2) is 4.98 Å². The van der Waals surface area contributed by atoms with Gasteiger partial charge in [0.15, 0.2) is 5.82 Å². The van der Waals surface area contributed by atoms with Gasteiger partial charge in [-0.05, 0) is 80.2 Å². The maximum Gasteiger partial charge on any atom is 0.458 e. The molecule has 4 N–H and O–H groups in total. The molecule has 0 radical (unpaired) electrons. The van der Waals surface area contributed by atoms with E-state index >= 15 is 0 Å². The fraction of sp³-hybridized carbons (Fsp3) is 0.321. The van der Waals surface area contributed by atoms with E-state index in [1.807, 2.05) is 24.3 Å². The third kappa shape index (κ3) is 8.66. The van der Waals surface area contributed by atoms with Crippen molar-refractivity contribution in [2.24, 2.45) is 5.92 Å². The quantitative estimate of drug-likeness (QED) is 0.206. The fourth-order valence-electron chi connectivity index (χ4n) is 4.44. The van der Waals surface area contributed by atoms with E-state index in [9.17, 15) is 40.7 Å². The van der Waals surface area contributed by atoms with Crippen LogP contribution in [0.1, 0.15) is 24.0 Å². The van der Waals surface area contributed by atoms with Gasteiger partial charge in [0.25, 0.3) is 0 Å². The van der Waals surface area contributed by atoms with Gasteiger partial charge in [0, 0.05) is 23.0 Å². The number of hydrogen-bond donors (Lipinski definition) is 4. The molecule has 44 heavy (non-hydrogen) atoms. The van der Waals surface area contributed by atoms with E-state index in [4.69, 9.17) is 11.6 Å². The van der Waals surface area contributed by atoms with Crippen LogP contribution in [0.15, 0.2) is 48.7 Å². The summed E-state index contributed by atoms with van der Waals surface area (Å²) in [5.41, 5.74) is 4.90. The van der Waals surface area contributed by atoms with Gasteiger partial charge in [-0.1, -0.05) is 23.7 Å². The molecule has 1 aromatic heterocycles. The molecule has 9 nitrogen and oxygen atoms in total. The van der Waals surface area contributed by atoms with Crippen molar-refractivity contribution >= 4 is 57.9 Å². The zero-order chi connectivity index (χ0) is 32.1. The minimum Gasteiger partial charge on any atom is -0.339 e. The summed E-state index contributed by atoms with van der Waals surface area (Å²) in [6.07, 6.45) is -6.59. The number of ketones is 2. The largest absolute Gasteiger partial charge is 0.458 e. The van der Waals surface area contributed by atoms with Crippen molar-refractivity contribution < 1.29 is 40.7 Å². The number of piperidine rings is 1. The molecule has 2 aromatic carbocycles. The lowest BCUT2D eigenvalue weighted by atomic mass is 9.96. The van der Waals surface area contributed by atoms with E-state index in [1.54, 1.807) is 6.20 Å². The number of rotatable bonds is 3. The molecule has 0 spiro atoms. The second kappa shape index (κ2) is 13.6. The number of nitrogens with zero attached hydrogens (tertiary/aromatic N) is 2. The fourth-order valence-corrected chi connectivity index (χ4v) is 4.58. The number of aryl methyl sites for hydroxylation is 2. The third-order valence-corrected chi connectivity index (χ3v) is 6.94. The summed E-state index contributed by atoms with van der Waals surface area (Å²) < 4.78 is 67.0. The summed E-state index contributed by atoms with van der Waals surface area (Å²) in [5, 5.41) is 13.5. The van der Waals surface area contributed by atoms with E-state index in [0.717, 1.165) is 61.4 Å². The highest BCUT2D eigenvalue weighted by molar-refractivity contribution is 6.41. The first-order valence-electron chi connectivity index (χ1n) is 13.2. The van der Waals surface area contributed by atoms with Crippen LogP contribution in [0.25, 0.3) is 0 Å². The summed E-state index contributed by atoms with van der Waals surface area (Å²) >= 11 is 6.34. The first-order valence-corrected chi connectivity index (χ1v) is 13.6. The molecule has 16 heteroatoms. The predicted molar refractivity (Wildman–Crippen MR) is 150 cm³/mol. The highest BCUT2D eigenvalue weighted by Crippen LogP contribution is 2.30. The minimum absolute atomic E-state index is 0.0528. The van der Waals surface area contributed by atoms with Gasteiger partial charge >= 0.3 is 23.9 Å². The molecule has 1 fully saturated rings. The van der Waals surface area contributed by atoms with E-state index in [1.165, 1.54) is 5.56 Å². The Labute approximate surface area is 251 Å². The lowest BCUT2D eigenvalue weighted by Gasteiger charge is -2.23. The third-order valence-electron chi connectivity index (χ3n) is 6.67. The predicted octanol–water partition coefficient (Wildman–Crippen LogP) is 5.90. The molecule has 234 valence electrons. The van der Waals surface area contributed by atoms with Crippen LogP contribution >= 0.6 is 11.6 Å². The molecule has 3 aromatic rings. The molecule has 0 saturated carbocycles. The lowest BCUT2D eigenvalue weighted by molar-refractivity contribution is -0.193. The zero-order valence-corrected chi connectivity index (χ0v) is 23.5. The Morgan fingerprint density at radius 2 is 1.52 bits per heavy atom. The molecule has 6 bridgehead atoms. The molecular formula is C28H25ClF6N6O3. The van der Waals surface area contributed by atoms with E-state index in [2.05, 4.69) is 49.4 Å². The Bertz CT molecular complexity index is 1520. The summed E-state index contributed by atoms with van der Waals surface area (Å²) in [5.74, 6) is -5.67. The number of halogens is 7. The standard InChI is InChI=1S/C24H25ClN6O.C4F6O2/c25-20-14-27-24-29-18-3-1-2-15(12-18)4-5-17-13-19(28-22(20)31-24)6-7-21(17)30-23(32)16-8-10-26-11-9-16;5-3(6,7)1(11)2(12)4(8,9)10/h1-3,6-7,12-14,16,26H,4-5,8-11H2,(H,30,32)(H2,27,28,29,31);. The van der Waals surface area contributed by atoms with Crippen LogP contribution in [0.5, 0.6) is 0 Å². The van der Waals surface area contributed by atoms with Crippen LogP contribution in [-0.2, 0) is 27.2 Å². The van der Waals surface area contributed by atoms with Crippen molar-refractivity contribution in [3.63, 3.8) is 0 Å². The van der Waals surface area contributed by atoms with E-state index in [-0.39, 0.29) is 11.8 Å². The smallest absolute Gasteiger partial charge is 0.339 e. The number of Topliss-reactive ketones (excluding diaryl/α,β-unsaturated/α-hetero) is 2. The number of anilines is 5. The number of hydrogen-bond acceptors (Lipinski definition) is 8. The van der Waals surface area contributed by atoms with Gasteiger partial charge in [-0.15, -0.1) is 0 Å². The number of alkyl halides is 6.